The van der Waals surface area contributed by atoms with Crippen molar-refractivity contribution < 1.29 is 4.74 Å². The summed E-state index contributed by atoms with van der Waals surface area (Å²) in [6.07, 6.45) is 9.41. The first-order valence-electron chi connectivity index (χ1n) is 7.78. The Bertz CT molecular complexity index is 241. The van der Waals surface area contributed by atoms with E-state index < -0.39 is 0 Å². The minimum atomic E-state index is 0.365. The van der Waals surface area contributed by atoms with E-state index in [-0.39, 0.29) is 0 Å². The molecule has 0 bridgehead atoms. The van der Waals surface area contributed by atoms with Gasteiger partial charge in [-0.1, -0.05) is 19.8 Å². The van der Waals surface area contributed by atoms with Crippen molar-refractivity contribution in [1.82, 2.24) is 4.90 Å². The average molecular weight is 254 g/mol. The smallest absolute Gasteiger partial charge is 0.0702 e. The summed E-state index contributed by atoms with van der Waals surface area (Å²) in [7, 11) is 2.24. The highest BCUT2D eigenvalue weighted by atomic mass is 16.5. The molecule has 4 atom stereocenters. The SMILES string of the molecule is CCCC1CCC(N)C(N(C)CC2CCCO2)C1. The van der Waals surface area contributed by atoms with Crippen LogP contribution in [0.5, 0.6) is 0 Å². The predicted molar refractivity (Wildman–Crippen MR) is 75.6 cm³/mol. The molecule has 2 N–H and O–H groups in total. The number of hydrogen-bond donors (Lipinski definition) is 1. The van der Waals surface area contributed by atoms with Crippen molar-refractivity contribution in [3.63, 3.8) is 0 Å². The molecular weight excluding hydrogens is 224 g/mol. The fourth-order valence-corrected chi connectivity index (χ4v) is 3.68. The summed E-state index contributed by atoms with van der Waals surface area (Å²) < 4.78 is 5.74. The van der Waals surface area contributed by atoms with Crippen molar-refractivity contribution in [1.29, 1.82) is 0 Å². The lowest BCUT2D eigenvalue weighted by Crippen LogP contribution is -2.51. The Hall–Kier alpha value is -0.120. The maximum Gasteiger partial charge on any atom is 0.0702 e. The first kappa shape index (κ1) is 14.3. The van der Waals surface area contributed by atoms with Gasteiger partial charge in [0.1, 0.15) is 0 Å². The van der Waals surface area contributed by atoms with E-state index >= 15 is 0 Å². The predicted octanol–water partition coefficient (Wildman–Crippen LogP) is 2.39. The highest BCUT2D eigenvalue weighted by Crippen LogP contribution is 2.30. The number of rotatable bonds is 5. The highest BCUT2D eigenvalue weighted by Gasteiger charge is 2.31. The van der Waals surface area contributed by atoms with Crippen LogP contribution in [0.4, 0.5) is 0 Å². The normalized spacial score (nSPS) is 37.3. The van der Waals surface area contributed by atoms with Crippen LogP contribution in [0, 0.1) is 5.92 Å². The van der Waals surface area contributed by atoms with Gasteiger partial charge < -0.3 is 10.5 Å². The molecule has 1 heterocycles. The fraction of sp³-hybridized carbons (Fsp3) is 1.00. The Morgan fingerprint density at radius 1 is 1.28 bits per heavy atom. The van der Waals surface area contributed by atoms with E-state index in [0.29, 0.717) is 18.2 Å². The molecule has 0 amide bonds. The van der Waals surface area contributed by atoms with E-state index in [4.69, 9.17) is 10.5 Å². The van der Waals surface area contributed by atoms with Crippen molar-refractivity contribution in [3.8, 4) is 0 Å². The molecule has 106 valence electrons. The van der Waals surface area contributed by atoms with Crippen LogP contribution in [0.1, 0.15) is 51.9 Å². The van der Waals surface area contributed by atoms with Gasteiger partial charge in [0.2, 0.25) is 0 Å². The first-order valence-corrected chi connectivity index (χ1v) is 7.78. The van der Waals surface area contributed by atoms with Gasteiger partial charge in [-0.15, -0.1) is 0 Å². The topological polar surface area (TPSA) is 38.5 Å². The lowest BCUT2D eigenvalue weighted by atomic mass is 9.80. The monoisotopic (exact) mass is 254 g/mol. The van der Waals surface area contributed by atoms with Gasteiger partial charge in [-0.3, -0.25) is 4.90 Å². The highest BCUT2D eigenvalue weighted by molar-refractivity contribution is 4.89. The molecule has 0 spiro atoms. The Kier molecular flexibility index (Phi) is 5.46. The van der Waals surface area contributed by atoms with Gasteiger partial charge in [0, 0.05) is 25.2 Å². The lowest BCUT2D eigenvalue weighted by Gasteiger charge is -2.40. The quantitative estimate of drug-likeness (QED) is 0.819. The molecule has 1 aliphatic heterocycles. The fourth-order valence-electron chi connectivity index (χ4n) is 3.68. The van der Waals surface area contributed by atoms with E-state index in [1.807, 2.05) is 0 Å². The molecule has 3 nitrogen and oxygen atoms in total. The molecule has 0 aromatic rings. The molecule has 1 saturated carbocycles. The van der Waals surface area contributed by atoms with Crippen LogP contribution < -0.4 is 5.73 Å². The largest absolute Gasteiger partial charge is 0.377 e. The molecule has 18 heavy (non-hydrogen) atoms. The van der Waals surface area contributed by atoms with Crippen molar-refractivity contribution in [3.05, 3.63) is 0 Å². The number of nitrogens with two attached hydrogens (primary N) is 1. The van der Waals surface area contributed by atoms with Gasteiger partial charge in [-0.05, 0) is 45.1 Å². The summed E-state index contributed by atoms with van der Waals surface area (Å²) in [5.74, 6) is 0.895. The van der Waals surface area contributed by atoms with Crippen molar-refractivity contribution in [2.45, 2.75) is 70.1 Å². The lowest BCUT2D eigenvalue weighted by molar-refractivity contribution is 0.0488. The summed E-state index contributed by atoms with van der Waals surface area (Å²) in [5, 5.41) is 0. The Balaban J connectivity index is 1.83. The zero-order valence-electron chi connectivity index (χ0n) is 12.1. The maximum absolute atomic E-state index is 6.33. The summed E-state index contributed by atoms with van der Waals surface area (Å²) in [6, 6.07) is 0.934. The molecular formula is C15H30N2O. The Morgan fingerprint density at radius 3 is 2.78 bits per heavy atom. The van der Waals surface area contributed by atoms with Crippen LogP contribution in [-0.2, 0) is 4.74 Å². The number of nitrogens with zero attached hydrogens (tertiary/aromatic N) is 1. The van der Waals surface area contributed by atoms with E-state index in [9.17, 15) is 0 Å². The molecule has 0 aromatic heterocycles. The number of hydrogen-bond acceptors (Lipinski definition) is 3. The zero-order chi connectivity index (χ0) is 13.0. The summed E-state index contributed by atoms with van der Waals surface area (Å²) in [6.45, 7) is 4.31. The van der Waals surface area contributed by atoms with Gasteiger partial charge in [-0.25, -0.2) is 0 Å². The summed E-state index contributed by atoms with van der Waals surface area (Å²) in [4.78, 5) is 2.47. The molecule has 0 aromatic carbocycles. The van der Waals surface area contributed by atoms with Gasteiger partial charge in [0.05, 0.1) is 6.10 Å². The van der Waals surface area contributed by atoms with Crippen LogP contribution >= 0.6 is 0 Å². The molecule has 2 rings (SSSR count). The molecule has 2 aliphatic rings. The molecule has 3 heteroatoms. The molecule has 2 fully saturated rings. The zero-order valence-corrected chi connectivity index (χ0v) is 12.1. The Morgan fingerprint density at radius 2 is 2.11 bits per heavy atom. The van der Waals surface area contributed by atoms with E-state index in [0.717, 1.165) is 19.1 Å². The minimum Gasteiger partial charge on any atom is -0.377 e. The molecule has 4 unspecified atom stereocenters. The molecule has 0 radical (unpaired) electrons. The third kappa shape index (κ3) is 3.69. The minimum absolute atomic E-state index is 0.365. The second kappa shape index (κ2) is 6.88. The van der Waals surface area contributed by atoms with E-state index in [1.165, 1.54) is 44.9 Å². The van der Waals surface area contributed by atoms with Crippen molar-refractivity contribution >= 4 is 0 Å². The second-order valence-electron chi connectivity index (χ2n) is 6.27. The van der Waals surface area contributed by atoms with Gasteiger partial charge in [0.25, 0.3) is 0 Å². The third-order valence-corrected chi connectivity index (χ3v) is 4.76. The van der Waals surface area contributed by atoms with Crippen LogP contribution in [-0.4, -0.2) is 43.3 Å². The third-order valence-electron chi connectivity index (χ3n) is 4.76. The Labute approximate surface area is 112 Å². The van der Waals surface area contributed by atoms with Crippen LogP contribution in [0.25, 0.3) is 0 Å². The van der Waals surface area contributed by atoms with Crippen LogP contribution in [0.2, 0.25) is 0 Å². The first-order chi connectivity index (χ1) is 8.70. The van der Waals surface area contributed by atoms with Gasteiger partial charge >= 0.3 is 0 Å². The van der Waals surface area contributed by atoms with Crippen molar-refractivity contribution in [2.75, 3.05) is 20.2 Å². The maximum atomic E-state index is 6.33. The second-order valence-corrected chi connectivity index (χ2v) is 6.27. The standard InChI is InChI=1S/C15H30N2O/c1-3-5-12-7-8-14(16)15(10-12)17(2)11-13-6-4-9-18-13/h12-15H,3-11,16H2,1-2H3. The number of ether oxygens (including phenoxy) is 1. The van der Waals surface area contributed by atoms with E-state index in [2.05, 4.69) is 18.9 Å². The van der Waals surface area contributed by atoms with Crippen LogP contribution in [0.3, 0.4) is 0 Å². The molecule has 1 aliphatic carbocycles. The number of likely N-dealkylation sites (N-methyl/N-ethyl adjacent to an activating group) is 1. The van der Waals surface area contributed by atoms with Gasteiger partial charge in [0.15, 0.2) is 0 Å². The van der Waals surface area contributed by atoms with Crippen LogP contribution in [0.15, 0.2) is 0 Å². The van der Waals surface area contributed by atoms with E-state index in [1.54, 1.807) is 0 Å². The average Bonchev–Trinajstić information content (AvgIpc) is 2.84. The molecule has 1 saturated heterocycles. The van der Waals surface area contributed by atoms with Crippen molar-refractivity contribution in [2.24, 2.45) is 11.7 Å². The van der Waals surface area contributed by atoms with Gasteiger partial charge in [-0.2, -0.15) is 0 Å². The summed E-state index contributed by atoms with van der Waals surface area (Å²) >= 11 is 0. The summed E-state index contributed by atoms with van der Waals surface area (Å²) in [5.41, 5.74) is 6.33.